The number of nitrogens with one attached hydrogen (secondary N) is 1. The van der Waals surface area contributed by atoms with Gasteiger partial charge >= 0.3 is 13.7 Å². The number of hydrogen-bond donors (Lipinski definition) is 3. The molecule has 4 N–H and O–H groups in total. The van der Waals surface area contributed by atoms with Crippen LogP contribution >= 0.6 is 7.75 Å². The average molecular weight is 632 g/mol. The van der Waals surface area contributed by atoms with Crippen molar-refractivity contribution in [2.75, 3.05) is 19.5 Å². The molecule has 1 saturated carbocycles. The molecular weight excluding hydrogens is 593 g/mol. The predicted octanol–water partition coefficient (Wildman–Crippen LogP) is 3.19. The van der Waals surface area contributed by atoms with E-state index in [0.29, 0.717) is 5.52 Å². The van der Waals surface area contributed by atoms with Crippen molar-refractivity contribution in [1.29, 1.82) is 0 Å². The van der Waals surface area contributed by atoms with Gasteiger partial charge in [-0.15, -0.1) is 0 Å². The average Bonchev–Trinajstić information content (AvgIpc) is 3.54. The van der Waals surface area contributed by atoms with Crippen molar-refractivity contribution in [1.82, 2.24) is 24.6 Å². The highest BCUT2D eigenvalue weighted by Crippen LogP contribution is 2.48. The van der Waals surface area contributed by atoms with Crippen molar-refractivity contribution in [3.63, 3.8) is 0 Å². The second-order valence-corrected chi connectivity index (χ2v) is 12.7. The number of esters is 1. The molecule has 5 rings (SSSR count). The van der Waals surface area contributed by atoms with Gasteiger partial charge in [0, 0.05) is 0 Å². The highest BCUT2D eigenvalue weighted by molar-refractivity contribution is 7.52. The zero-order valence-electron chi connectivity index (χ0n) is 24.9. The Balaban J connectivity index is 1.35. The van der Waals surface area contributed by atoms with Crippen molar-refractivity contribution >= 4 is 37.5 Å². The first kappa shape index (κ1) is 31.8. The van der Waals surface area contributed by atoms with Crippen LogP contribution in [-0.2, 0) is 23.4 Å². The van der Waals surface area contributed by atoms with E-state index in [9.17, 15) is 14.5 Å². The van der Waals surface area contributed by atoms with Crippen LogP contribution in [0.5, 0.6) is 11.6 Å². The monoisotopic (exact) mass is 631 g/mol. The number of aliphatic imine (C=N–C) groups is 1. The normalized spacial score (nSPS) is 26.1. The Labute approximate surface area is 254 Å². The number of nitrogens with zero attached hydrogens (tertiary/aromatic N) is 5. The lowest BCUT2D eigenvalue weighted by atomic mass is 9.93. The van der Waals surface area contributed by atoms with Crippen molar-refractivity contribution in [3.05, 3.63) is 36.7 Å². The number of carbonyl (C=O) groups is 1. The summed E-state index contributed by atoms with van der Waals surface area (Å²) in [6, 6.07) is 7.37. The number of methoxy groups -OCH3 is 1. The van der Waals surface area contributed by atoms with E-state index < -0.39 is 50.3 Å². The molecule has 2 aliphatic rings. The number of fused-ring (bicyclic) bond motifs is 1. The third-order valence-corrected chi connectivity index (χ3v) is 9.51. The first-order chi connectivity index (χ1) is 21.1. The number of aliphatic hydroxyl groups excluding tert-OH is 1. The Morgan fingerprint density at radius 1 is 1.30 bits per heavy atom. The third-order valence-electron chi connectivity index (χ3n) is 7.87. The van der Waals surface area contributed by atoms with Gasteiger partial charge in [-0.1, -0.05) is 24.6 Å². The van der Waals surface area contributed by atoms with E-state index in [1.165, 1.54) is 24.9 Å². The number of benzene rings is 1. The molecule has 1 unspecified atom stereocenters. The van der Waals surface area contributed by atoms with Gasteiger partial charge in [0.1, 0.15) is 35.6 Å². The van der Waals surface area contributed by atoms with Gasteiger partial charge in [0.15, 0.2) is 17.4 Å². The number of anilines is 1. The van der Waals surface area contributed by atoms with Crippen molar-refractivity contribution in [2.24, 2.45) is 4.99 Å². The van der Waals surface area contributed by atoms with Crippen LogP contribution in [-0.4, -0.2) is 80.9 Å². The second-order valence-electron chi connectivity index (χ2n) is 11.0. The maximum atomic E-state index is 14.1. The quantitative estimate of drug-likeness (QED) is 0.150. The topological polar surface area (TPSA) is 195 Å². The van der Waals surface area contributed by atoms with Gasteiger partial charge in [-0.25, -0.2) is 9.55 Å². The molecule has 1 saturated heterocycles. The Morgan fingerprint density at radius 2 is 2.02 bits per heavy atom. The summed E-state index contributed by atoms with van der Waals surface area (Å²) in [5.41, 5.74) is 5.17. The van der Waals surface area contributed by atoms with Gasteiger partial charge in [0.2, 0.25) is 11.8 Å². The van der Waals surface area contributed by atoms with Crippen LogP contribution in [0.2, 0.25) is 0 Å². The van der Waals surface area contributed by atoms with Gasteiger partial charge in [-0.3, -0.25) is 18.9 Å². The van der Waals surface area contributed by atoms with E-state index in [0.717, 1.165) is 32.1 Å². The number of para-hydroxylation sites is 1. The van der Waals surface area contributed by atoms with Gasteiger partial charge in [-0.2, -0.15) is 15.1 Å². The number of imidazole rings is 1. The SMILES string of the molecule is C=N[C@]1(C)[C@H](O)[C@@H](COP(=O)(N[C@@H](C)C(=O)OC2CCCCC2)Oc2ccccc2)O[C@H]1n1cnc2c(OC)nc(N)nc21. The van der Waals surface area contributed by atoms with E-state index in [-0.39, 0.29) is 29.3 Å². The number of carbonyl (C=O) groups excluding carboxylic acids is 1. The number of nitrogen functional groups attached to an aromatic ring is 1. The van der Waals surface area contributed by atoms with Crippen LogP contribution in [0, 0.1) is 0 Å². The molecule has 238 valence electrons. The molecule has 6 atom stereocenters. The molecular formula is C28H38N7O8P. The summed E-state index contributed by atoms with van der Waals surface area (Å²) in [5, 5.41) is 14.1. The van der Waals surface area contributed by atoms with E-state index in [2.05, 4.69) is 31.7 Å². The van der Waals surface area contributed by atoms with E-state index in [1.807, 2.05) is 0 Å². The number of hydrogen-bond acceptors (Lipinski definition) is 13. The Hall–Kier alpha value is -3.62. The predicted molar refractivity (Wildman–Crippen MR) is 160 cm³/mol. The lowest BCUT2D eigenvalue weighted by Gasteiger charge is -2.29. The Morgan fingerprint density at radius 3 is 2.70 bits per heavy atom. The van der Waals surface area contributed by atoms with Crippen LogP contribution in [0.1, 0.15) is 52.2 Å². The smallest absolute Gasteiger partial charge is 0.459 e. The molecule has 2 fully saturated rings. The van der Waals surface area contributed by atoms with Crippen molar-refractivity contribution in [3.8, 4) is 11.6 Å². The molecule has 1 aliphatic heterocycles. The summed E-state index contributed by atoms with van der Waals surface area (Å²) in [6.07, 6.45) is 2.62. The van der Waals surface area contributed by atoms with Gasteiger partial charge in [-0.05, 0) is 58.4 Å². The van der Waals surface area contributed by atoms with Crippen LogP contribution < -0.4 is 20.1 Å². The summed E-state index contributed by atoms with van der Waals surface area (Å²) in [4.78, 5) is 29.7. The number of rotatable bonds is 12. The molecule has 16 heteroatoms. The minimum atomic E-state index is -4.23. The summed E-state index contributed by atoms with van der Waals surface area (Å²) in [5.74, 6) is -0.208. The van der Waals surface area contributed by atoms with Gasteiger partial charge in [0.05, 0.1) is 20.0 Å². The number of aliphatic hydroxyl groups is 1. The van der Waals surface area contributed by atoms with E-state index in [1.54, 1.807) is 37.3 Å². The van der Waals surface area contributed by atoms with Gasteiger partial charge < -0.3 is 29.6 Å². The zero-order valence-corrected chi connectivity index (χ0v) is 25.8. The molecule has 1 aliphatic carbocycles. The lowest BCUT2D eigenvalue weighted by Crippen LogP contribution is -2.43. The zero-order chi connectivity index (χ0) is 31.5. The summed E-state index contributed by atoms with van der Waals surface area (Å²) in [6.45, 7) is 6.44. The number of nitrogens with two attached hydrogens (primary N) is 1. The molecule has 15 nitrogen and oxygen atoms in total. The first-order valence-electron chi connectivity index (χ1n) is 14.4. The molecule has 3 aromatic rings. The van der Waals surface area contributed by atoms with Crippen molar-refractivity contribution in [2.45, 2.75) is 82.1 Å². The highest BCUT2D eigenvalue weighted by atomic mass is 31.2. The van der Waals surface area contributed by atoms with E-state index >= 15 is 0 Å². The van der Waals surface area contributed by atoms with Crippen molar-refractivity contribution < 1.29 is 37.7 Å². The summed E-state index contributed by atoms with van der Waals surface area (Å²) < 4.78 is 44.4. The molecule has 0 amide bonds. The molecule has 2 aromatic heterocycles. The molecule has 0 bridgehead atoms. The fourth-order valence-electron chi connectivity index (χ4n) is 5.39. The second kappa shape index (κ2) is 13.2. The van der Waals surface area contributed by atoms with Crippen LogP contribution in [0.25, 0.3) is 11.2 Å². The molecule has 44 heavy (non-hydrogen) atoms. The molecule has 1 aromatic carbocycles. The maximum Gasteiger partial charge on any atom is 0.459 e. The highest BCUT2D eigenvalue weighted by Gasteiger charge is 2.55. The summed E-state index contributed by atoms with van der Waals surface area (Å²) in [7, 11) is -2.80. The standard InChI is InChI=1S/C28H38N7O8P/c1-17(25(37)41-18-11-7-5-8-12-18)34-44(38,43-19-13-9-6-10-14-19)40-15-20-22(36)28(2,30-3)26(42-20)35-16-31-21-23(35)32-27(29)33-24(21)39-4/h6,9-10,13-14,16-18,20,22,26,36H,3,5,7-8,11-12,15H2,1-2,4H3,(H,34,38)(H2,29,32,33)/t17-,20+,22+,26+,28+,44?/m0/s1. The fraction of sp³-hybridized carbons (Fsp3) is 0.536. The number of ether oxygens (including phenoxy) is 3. The largest absolute Gasteiger partial charge is 0.479 e. The van der Waals surface area contributed by atoms with Crippen LogP contribution in [0.15, 0.2) is 41.7 Å². The Bertz CT molecular complexity index is 1520. The maximum absolute atomic E-state index is 14.1. The first-order valence-corrected chi connectivity index (χ1v) is 15.9. The third kappa shape index (κ3) is 6.57. The van der Waals surface area contributed by atoms with Crippen LogP contribution in [0.4, 0.5) is 5.95 Å². The van der Waals surface area contributed by atoms with Gasteiger partial charge in [0.25, 0.3) is 0 Å². The molecule has 3 heterocycles. The minimum Gasteiger partial charge on any atom is -0.479 e. The molecule has 0 spiro atoms. The van der Waals surface area contributed by atoms with Crippen LogP contribution in [0.3, 0.4) is 0 Å². The Kier molecular flexibility index (Phi) is 9.51. The lowest BCUT2D eigenvalue weighted by molar-refractivity contribution is -0.152. The minimum absolute atomic E-state index is 0.0519. The fourth-order valence-corrected chi connectivity index (χ4v) is 6.89. The number of aromatic nitrogens is 4. The summed E-state index contributed by atoms with van der Waals surface area (Å²) >= 11 is 0. The van der Waals surface area contributed by atoms with E-state index in [4.69, 9.17) is 29.0 Å². The molecule has 0 radical (unpaired) electrons.